The molecule has 1 aliphatic rings. The lowest BCUT2D eigenvalue weighted by Crippen LogP contribution is -2.25. The summed E-state index contributed by atoms with van der Waals surface area (Å²) in [4.78, 5) is 18.1. The molecule has 0 saturated carbocycles. The van der Waals surface area contributed by atoms with Gasteiger partial charge in [0.2, 0.25) is 5.91 Å². The summed E-state index contributed by atoms with van der Waals surface area (Å²) < 4.78 is 0. The Morgan fingerprint density at radius 2 is 2.33 bits per heavy atom. The first kappa shape index (κ1) is 12.9. The van der Waals surface area contributed by atoms with Crippen LogP contribution in [0.15, 0.2) is 18.3 Å². The molecule has 1 N–H and O–H groups in total. The molecule has 0 bridgehead atoms. The second-order valence-corrected chi connectivity index (χ2v) is 4.82. The van der Waals surface area contributed by atoms with E-state index in [9.17, 15) is 4.79 Å². The molecule has 1 unspecified atom stereocenters. The van der Waals surface area contributed by atoms with Gasteiger partial charge in [-0.15, -0.1) is 0 Å². The molecular formula is C14H21N3O. The molecule has 18 heavy (non-hydrogen) atoms. The van der Waals surface area contributed by atoms with Crippen molar-refractivity contribution in [3.05, 3.63) is 24.0 Å². The van der Waals surface area contributed by atoms with E-state index in [0.29, 0.717) is 18.9 Å². The van der Waals surface area contributed by atoms with E-state index >= 15 is 0 Å². The van der Waals surface area contributed by atoms with Crippen LogP contribution in [0.4, 0.5) is 5.69 Å². The smallest absolute Gasteiger partial charge is 0.223 e. The number of hydrogen-bond acceptors (Lipinski definition) is 3. The number of rotatable bonds is 5. The van der Waals surface area contributed by atoms with Crippen molar-refractivity contribution in [3.8, 4) is 0 Å². The van der Waals surface area contributed by atoms with Crippen molar-refractivity contribution in [2.45, 2.75) is 33.2 Å². The average molecular weight is 247 g/mol. The second-order valence-electron chi connectivity index (χ2n) is 4.82. The monoisotopic (exact) mass is 247 g/mol. The molecule has 98 valence electrons. The molecule has 1 atom stereocenters. The van der Waals surface area contributed by atoms with E-state index in [4.69, 9.17) is 0 Å². The summed E-state index contributed by atoms with van der Waals surface area (Å²) in [6.07, 6.45) is 3.57. The molecule has 2 heterocycles. The largest absolute Gasteiger partial charge is 0.385 e. The van der Waals surface area contributed by atoms with Crippen LogP contribution in [0.25, 0.3) is 0 Å². The fourth-order valence-corrected chi connectivity index (χ4v) is 2.35. The fourth-order valence-electron chi connectivity index (χ4n) is 2.35. The van der Waals surface area contributed by atoms with Crippen LogP contribution in [0.3, 0.4) is 0 Å². The standard InChI is InChI=1S/C14H21N3O/c1-3-11-7-14(18)17(9-11)10-13-8-12(15-4-2)5-6-16-13/h5-6,8,11H,3-4,7,9-10H2,1-2H3,(H,15,16). The van der Waals surface area contributed by atoms with E-state index in [2.05, 4.69) is 24.1 Å². The summed E-state index contributed by atoms with van der Waals surface area (Å²) in [6.45, 7) is 6.61. The predicted molar refractivity (Wildman–Crippen MR) is 72.2 cm³/mol. The number of pyridine rings is 1. The third-order valence-corrected chi connectivity index (χ3v) is 3.42. The van der Waals surface area contributed by atoms with Gasteiger partial charge >= 0.3 is 0 Å². The van der Waals surface area contributed by atoms with Gasteiger partial charge in [-0.05, 0) is 25.0 Å². The zero-order valence-electron chi connectivity index (χ0n) is 11.1. The Labute approximate surface area is 108 Å². The van der Waals surface area contributed by atoms with Crippen molar-refractivity contribution in [2.24, 2.45) is 5.92 Å². The summed E-state index contributed by atoms with van der Waals surface area (Å²) in [5.41, 5.74) is 2.03. The fraction of sp³-hybridized carbons (Fsp3) is 0.571. The Balaban J connectivity index is 2.01. The maximum absolute atomic E-state index is 11.8. The highest BCUT2D eigenvalue weighted by Gasteiger charge is 2.28. The van der Waals surface area contributed by atoms with E-state index in [1.807, 2.05) is 17.0 Å². The van der Waals surface area contributed by atoms with Gasteiger partial charge in [0.15, 0.2) is 0 Å². The molecule has 1 aromatic heterocycles. The van der Waals surface area contributed by atoms with Crippen LogP contribution in [-0.2, 0) is 11.3 Å². The molecule has 0 aliphatic carbocycles. The highest BCUT2D eigenvalue weighted by Crippen LogP contribution is 2.22. The number of amides is 1. The molecule has 0 radical (unpaired) electrons. The number of nitrogens with zero attached hydrogens (tertiary/aromatic N) is 2. The average Bonchev–Trinajstić information content (AvgIpc) is 2.71. The van der Waals surface area contributed by atoms with Gasteiger partial charge in [0.25, 0.3) is 0 Å². The molecule has 2 rings (SSSR count). The summed E-state index contributed by atoms with van der Waals surface area (Å²) in [7, 11) is 0. The van der Waals surface area contributed by atoms with E-state index < -0.39 is 0 Å². The minimum atomic E-state index is 0.262. The van der Waals surface area contributed by atoms with Crippen molar-refractivity contribution in [3.63, 3.8) is 0 Å². The number of carbonyl (C=O) groups excluding carboxylic acids is 1. The van der Waals surface area contributed by atoms with Gasteiger partial charge in [-0.3, -0.25) is 9.78 Å². The van der Waals surface area contributed by atoms with Crippen LogP contribution in [0, 0.1) is 5.92 Å². The predicted octanol–water partition coefficient (Wildman–Crippen LogP) is 2.27. The molecule has 1 aromatic rings. The molecule has 1 amide bonds. The van der Waals surface area contributed by atoms with E-state index in [-0.39, 0.29) is 5.91 Å². The maximum atomic E-state index is 11.8. The van der Waals surface area contributed by atoms with Gasteiger partial charge in [0.05, 0.1) is 12.2 Å². The number of carbonyl (C=O) groups is 1. The quantitative estimate of drug-likeness (QED) is 0.868. The Morgan fingerprint density at radius 1 is 1.50 bits per heavy atom. The highest BCUT2D eigenvalue weighted by molar-refractivity contribution is 5.78. The van der Waals surface area contributed by atoms with Crippen molar-refractivity contribution in [2.75, 3.05) is 18.4 Å². The van der Waals surface area contributed by atoms with Crippen LogP contribution in [0.1, 0.15) is 32.4 Å². The van der Waals surface area contributed by atoms with Gasteiger partial charge in [0, 0.05) is 31.4 Å². The lowest BCUT2D eigenvalue weighted by molar-refractivity contribution is -0.128. The summed E-state index contributed by atoms with van der Waals surface area (Å²) in [5, 5.41) is 3.26. The Morgan fingerprint density at radius 3 is 3.00 bits per heavy atom. The number of anilines is 1. The van der Waals surface area contributed by atoms with Gasteiger partial charge in [-0.25, -0.2) is 0 Å². The van der Waals surface area contributed by atoms with Crippen molar-refractivity contribution in [1.82, 2.24) is 9.88 Å². The molecular weight excluding hydrogens is 226 g/mol. The Bertz CT molecular complexity index is 419. The molecule has 1 fully saturated rings. The summed E-state index contributed by atoms with van der Waals surface area (Å²) in [6, 6.07) is 3.98. The first-order valence-electron chi connectivity index (χ1n) is 6.69. The lowest BCUT2D eigenvalue weighted by Gasteiger charge is -2.16. The molecule has 1 saturated heterocycles. The minimum Gasteiger partial charge on any atom is -0.385 e. The summed E-state index contributed by atoms with van der Waals surface area (Å²) in [5.74, 6) is 0.784. The molecule has 0 aromatic carbocycles. The normalized spacial score (nSPS) is 19.3. The zero-order valence-corrected chi connectivity index (χ0v) is 11.1. The Kier molecular flexibility index (Phi) is 4.18. The van der Waals surface area contributed by atoms with Gasteiger partial charge in [-0.1, -0.05) is 13.3 Å². The molecule has 4 nitrogen and oxygen atoms in total. The third-order valence-electron chi connectivity index (χ3n) is 3.42. The topological polar surface area (TPSA) is 45.2 Å². The van der Waals surface area contributed by atoms with Gasteiger partial charge in [0.1, 0.15) is 0 Å². The number of aromatic nitrogens is 1. The first-order chi connectivity index (χ1) is 8.72. The van der Waals surface area contributed by atoms with Crippen LogP contribution < -0.4 is 5.32 Å². The minimum absolute atomic E-state index is 0.262. The maximum Gasteiger partial charge on any atom is 0.223 e. The third kappa shape index (κ3) is 3.00. The number of nitrogens with one attached hydrogen (secondary N) is 1. The van der Waals surface area contributed by atoms with Crippen molar-refractivity contribution in [1.29, 1.82) is 0 Å². The SMILES string of the molecule is CCNc1ccnc(CN2CC(CC)CC2=O)c1. The van der Waals surface area contributed by atoms with E-state index in [0.717, 1.165) is 30.9 Å². The van der Waals surface area contributed by atoms with E-state index in [1.54, 1.807) is 6.20 Å². The number of likely N-dealkylation sites (tertiary alicyclic amines) is 1. The Hall–Kier alpha value is -1.58. The lowest BCUT2D eigenvalue weighted by atomic mass is 10.1. The molecule has 4 heteroatoms. The van der Waals surface area contributed by atoms with Gasteiger partial charge in [-0.2, -0.15) is 0 Å². The van der Waals surface area contributed by atoms with Crippen molar-refractivity contribution >= 4 is 11.6 Å². The van der Waals surface area contributed by atoms with Crippen molar-refractivity contribution < 1.29 is 4.79 Å². The molecule has 1 aliphatic heterocycles. The van der Waals surface area contributed by atoms with Crippen LogP contribution in [0.5, 0.6) is 0 Å². The number of hydrogen-bond donors (Lipinski definition) is 1. The van der Waals surface area contributed by atoms with Crippen LogP contribution >= 0.6 is 0 Å². The van der Waals surface area contributed by atoms with Gasteiger partial charge < -0.3 is 10.2 Å². The zero-order chi connectivity index (χ0) is 13.0. The highest BCUT2D eigenvalue weighted by atomic mass is 16.2. The first-order valence-corrected chi connectivity index (χ1v) is 6.69. The summed E-state index contributed by atoms with van der Waals surface area (Å²) >= 11 is 0. The van der Waals surface area contributed by atoms with Crippen LogP contribution in [0.2, 0.25) is 0 Å². The van der Waals surface area contributed by atoms with E-state index in [1.165, 1.54) is 0 Å². The van der Waals surface area contributed by atoms with Crippen LogP contribution in [-0.4, -0.2) is 28.9 Å². The second kappa shape index (κ2) is 5.85. The molecule has 0 spiro atoms.